The van der Waals surface area contributed by atoms with Crippen molar-refractivity contribution in [1.82, 2.24) is 0 Å². The highest BCUT2D eigenvalue weighted by Gasteiger charge is 2.14. The summed E-state index contributed by atoms with van der Waals surface area (Å²) in [6, 6.07) is 2.46. The molecule has 1 aromatic carbocycles. The summed E-state index contributed by atoms with van der Waals surface area (Å²) in [6.07, 6.45) is -2.65. The molecule has 0 aliphatic carbocycles. The second-order valence-corrected chi connectivity index (χ2v) is 2.69. The van der Waals surface area contributed by atoms with Gasteiger partial charge in [-0.05, 0) is 12.1 Å². The van der Waals surface area contributed by atoms with Crippen molar-refractivity contribution in [3.8, 4) is 0 Å². The molecule has 4 N–H and O–H groups in total. The number of anilines is 2. The van der Waals surface area contributed by atoms with E-state index in [1.807, 2.05) is 0 Å². The standard InChI is InChI=1S/C7H7ClF2N2/c8-6-4(7(9)10)1-3(11)2-5(6)12/h1-2,7H,11-12H2. The highest BCUT2D eigenvalue weighted by atomic mass is 35.5. The molecule has 0 heterocycles. The number of hydrogen-bond donors (Lipinski definition) is 2. The zero-order valence-corrected chi connectivity index (χ0v) is 6.78. The van der Waals surface area contributed by atoms with Gasteiger partial charge in [-0.1, -0.05) is 11.6 Å². The maximum absolute atomic E-state index is 12.2. The molecule has 0 unspecified atom stereocenters. The maximum Gasteiger partial charge on any atom is 0.265 e. The van der Waals surface area contributed by atoms with Crippen molar-refractivity contribution < 1.29 is 8.78 Å². The van der Waals surface area contributed by atoms with E-state index in [1.165, 1.54) is 6.07 Å². The van der Waals surface area contributed by atoms with Crippen LogP contribution in [-0.2, 0) is 0 Å². The maximum atomic E-state index is 12.2. The zero-order chi connectivity index (χ0) is 9.30. The summed E-state index contributed by atoms with van der Waals surface area (Å²) in [6.45, 7) is 0. The van der Waals surface area contributed by atoms with E-state index >= 15 is 0 Å². The number of halogens is 3. The van der Waals surface area contributed by atoms with Crippen LogP contribution in [0.4, 0.5) is 20.2 Å². The predicted octanol–water partition coefficient (Wildman–Crippen LogP) is 2.44. The van der Waals surface area contributed by atoms with Gasteiger partial charge in [0.1, 0.15) is 0 Å². The molecule has 0 radical (unpaired) electrons. The molecule has 0 aromatic heterocycles. The Hall–Kier alpha value is -1.03. The van der Waals surface area contributed by atoms with Gasteiger partial charge in [0.05, 0.1) is 10.7 Å². The van der Waals surface area contributed by atoms with Crippen LogP contribution < -0.4 is 11.5 Å². The molecule has 0 aliphatic heterocycles. The number of alkyl halides is 2. The quantitative estimate of drug-likeness (QED) is 0.672. The molecule has 0 amide bonds. The Bertz CT molecular complexity index is 302. The molecular formula is C7H7ClF2N2. The van der Waals surface area contributed by atoms with Crippen LogP contribution in [0, 0.1) is 0 Å². The first-order valence-electron chi connectivity index (χ1n) is 3.15. The summed E-state index contributed by atoms with van der Waals surface area (Å²) in [5.74, 6) is 0. The van der Waals surface area contributed by atoms with E-state index in [2.05, 4.69) is 0 Å². The lowest BCUT2D eigenvalue weighted by Gasteiger charge is -2.06. The van der Waals surface area contributed by atoms with Crippen molar-refractivity contribution in [1.29, 1.82) is 0 Å². The summed E-state index contributed by atoms with van der Waals surface area (Å²) < 4.78 is 24.4. The van der Waals surface area contributed by atoms with Gasteiger partial charge in [0.15, 0.2) is 0 Å². The topological polar surface area (TPSA) is 52.0 Å². The molecular weight excluding hydrogens is 186 g/mol. The van der Waals surface area contributed by atoms with E-state index in [1.54, 1.807) is 0 Å². The van der Waals surface area contributed by atoms with Gasteiger partial charge >= 0.3 is 0 Å². The molecule has 0 fully saturated rings. The van der Waals surface area contributed by atoms with E-state index in [0.29, 0.717) is 0 Å². The van der Waals surface area contributed by atoms with E-state index in [-0.39, 0.29) is 22.0 Å². The first-order valence-corrected chi connectivity index (χ1v) is 3.52. The summed E-state index contributed by atoms with van der Waals surface area (Å²) >= 11 is 5.50. The van der Waals surface area contributed by atoms with Crippen molar-refractivity contribution in [2.24, 2.45) is 0 Å². The van der Waals surface area contributed by atoms with Crippen LogP contribution in [0.2, 0.25) is 5.02 Å². The molecule has 2 nitrogen and oxygen atoms in total. The second kappa shape index (κ2) is 3.15. The highest BCUT2D eigenvalue weighted by molar-refractivity contribution is 6.34. The Labute approximate surface area is 73.1 Å². The molecule has 66 valence electrons. The minimum Gasteiger partial charge on any atom is -0.399 e. The van der Waals surface area contributed by atoms with Gasteiger partial charge in [0.2, 0.25) is 0 Å². The van der Waals surface area contributed by atoms with Gasteiger partial charge in [-0.15, -0.1) is 0 Å². The van der Waals surface area contributed by atoms with Crippen LogP contribution in [-0.4, -0.2) is 0 Å². The fraction of sp³-hybridized carbons (Fsp3) is 0.143. The van der Waals surface area contributed by atoms with E-state index in [9.17, 15) is 8.78 Å². The van der Waals surface area contributed by atoms with Gasteiger partial charge in [-0.3, -0.25) is 0 Å². The molecule has 1 aromatic rings. The third-order valence-electron chi connectivity index (χ3n) is 1.39. The van der Waals surface area contributed by atoms with Crippen LogP contribution >= 0.6 is 11.6 Å². The second-order valence-electron chi connectivity index (χ2n) is 2.31. The van der Waals surface area contributed by atoms with Crippen molar-refractivity contribution in [2.45, 2.75) is 6.43 Å². The molecule has 5 heteroatoms. The molecule has 0 aliphatic rings. The summed E-state index contributed by atoms with van der Waals surface area (Å²) in [4.78, 5) is 0. The summed E-state index contributed by atoms with van der Waals surface area (Å²) in [5.41, 5.74) is 10.5. The first-order chi connectivity index (χ1) is 5.52. The largest absolute Gasteiger partial charge is 0.399 e. The van der Waals surface area contributed by atoms with Crippen LogP contribution in [0.25, 0.3) is 0 Å². The lowest BCUT2D eigenvalue weighted by molar-refractivity contribution is 0.151. The average molecular weight is 193 g/mol. The van der Waals surface area contributed by atoms with E-state index in [0.717, 1.165) is 6.07 Å². The van der Waals surface area contributed by atoms with E-state index in [4.69, 9.17) is 23.1 Å². The number of hydrogen-bond acceptors (Lipinski definition) is 2. The predicted molar refractivity (Wildman–Crippen MR) is 45.2 cm³/mol. The van der Waals surface area contributed by atoms with Gasteiger partial charge in [-0.2, -0.15) is 0 Å². The molecule has 0 saturated carbocycles. The lowest BCUT2D eigenvalue weighted by Crippen LogP contribution is -1.96. The normalized spacial score (nSPS) is 10.7. The van der Waals surface area contributed by atoms with Crippen LogP contribution in [0.15, 0.2) is 12.1 Å². The Morgan fingerprint density at radius 3 is 2.33 bits per heavy atom. The van der Waals surface area contributed by atoms with Crippen molar-refractivity contribution in [2.75, 3.05) is 11.5 Å². The zero-order valence-electron chi connectivity index (χ0n) is 6.02. The third kappa shape index (κ3) is 1.58. The number of rotatable bonds is 1. The molecule has 12 heavy (non-hydrogen) atoms. The minimum absolute atomic E-state index is 0.0759. The average Bonchev–Trinajstić information content (AvgIpc) is 1.96. The number of benzene rings is 1. The monoisotopic (exact) mass is 192 g/mol. The van der Waals surface area contributed by atoms with Crippen molar-refractivity contribution in [3.05, 3.63) is 22.7 Å². The van der Waals surface area contributed by atoms with Crippen molar-refractivity contribution in [3.63, 3.8) is 0 Å². The fourth-order valence-corrected chi connectivity index (χ4v) is 1.04. The molecule has 0 bridgehead atoms. The van der Waals surface area contributed by atoms with E-state index < -0.39 is 6.43 Å². The molecule has 0 saturated heterocycles. The van der Waals surface area contributed by atoms with Gasteiger partial charge in [0, 0.05) is 11.3 Å². The van der Waals surface area contributed by atoms with Crippen LogP contribution in [0.3, 0.4) is 0 Å². The van der Waals surface area contributed by atoms with Gasteiger partial charge in [-0.25, -0.2) is 8.78 Å². The summed E-state index contributed by atoms with van der Waals surface area (Å²) in [7, 11) is 0. The smallest absolute Gasteiger partial charge is 0.265 e. The lowest BCUT2D eigenvalue weighted by atomic mass is 10.2. The first kappa shape index (κ1) is 9.06. The van der Waals surface area contributed by atoms with Crippen molar-refractivity contribution >= 4 is 23.0 Å². The Morgan fingerprint density at radius 1 is 1.25 bits per heavy atom. The van der Waals surface area contributed by atoms with Gasteiger partial charge < -0.3 is 11.5 Å². The molecule has 0 spiro atoms. The number of nitrogen functional groups attached to an aromatic ring is 2. The third-order valence-corrected chi connectivity index (χ3v) is 1.82. The van der Waals surface area contributed by atoms with Crippen LogP contribution in [0.1, 0.15) is 12.0 Å². The SMILES string of the molecule is Nc1cc(N)c(Cl)c(C(F)F)c1. The highest BCUT2D eigenvalue weighted by Crippen LogP contribution is 2.33. The Balaban J connectivity index is 3.28. The van der Waals surface area contributed by atoms with Gasteiger partial charge in [0.25, 0.3) is 6.43 Å². The Morgan fingerprint density at radius 2 is 1.83 bits per heavy atom. The minimum atomic E-state index is -2.65. The number of nitrogens with two attached hydrogens (primary N) is 2. The fourth-order valence-electron chi connectivity index (χ4n) is 0.853. The Kier molecular flexibility index (Phi) is 2.38. The van der Waals surface area contributed by atoms with Crippen LogP contribution in [0.5, 0.6) is 0 Å². The molecule has 0 atom stereocenters. The molecule has 1 rings (SSSR count). The summed E-state index contributed by atoms with van der Waals surface area (Å²) in [5, 5.41) is -0.126.